The zero-order valence-electron chi connectivity index (χ0n) is 19.6. The zero-order valence-corrected chi connectivity index (χ0v) is 19.6. The number of ether oxygens (including phenoxy) is 1. The van der Waals surface area contributed by atoms with Crippen LogP contribution in [0.3, 0.4) is 0 Å². The molecule has 3 aromatic rings. The fourth-order valence-corrected chi connectivity index (χ4v) is 3.63. The summed E-state index contributed by atoms with van der Waals surface area (Å²) in [5.41, 5.74) is 1.15. The van der Waals surface area contributed by atoms with Crippen molar-refractivity contribution >= 4 is 17.7 Å². The molecular formula is C26H26F3N3O4. The van der Waals surface area contributed by atoms with Crippen molar-refractivity contribution in [3.8, 4) is 0 Å². The summed E-state index contributed by atoms with van der Waals surface area (Å²) in [6.45, 7) is 1.34. The third kappa shape index (κ3) is 7.54. The average molecular weight is 502 g/mol. The lowest BCUT2D eigenvalue weighted by Crippen LogP contribution is -2.31. The van der Waals surface area contributed by atoms with Gasteiger partial charge in [0.25, 0.3) is 5.69 Å². The Balaban J connectivity index is 1.75. The van der Waals surface area contributed by atoms with Crippen LogP contribution in [0.2, 0.25) is 0 Å². The van der Waals surface area contributed by atoms with Crippen molar-refractivity contribution in [2.45, 2.75) is 25.7 Å². The number of rotatable bonds is 11. The van der Waals surface area contributed by atoms with Crippen molar-refractivity contribution in [3.63, 3.8) is 0 Å². The molecule has 0 saturated carbocycles. The number of nitro groups is 1. The summed E-state index contributed by atoms with van der Waals surface area (Å²) in [5.74, 6) is -0.267. The summed E-state index contributed by atoms with van der Waals surface area (Å²) in [6.07, 6.45) is 0.920. The highest BCUT2D eigenvalue weighted by molar-refractivity contribution is 5.91. The van der Waals surface area contributed by atoms with Crippen molar-refractivity contribution in [1.82, 2.24) is 9.47 Å². The Morgan fingerprint density at radius 1 is 1.14 bits per heavy atom. The first-order chi connectivity index (χ1) is 17.2. The van der Waals surface area contributed by atoms with Crippen LogP contribution in [0.15, 0.2) is 72.9 Å². The van der Waals surface area contributed by atoms with Gasteiger partial charge in [-0.2, -0.15) is 13.2 Å². The molecule has 0 spiro atoms. The number of hydrogen-bond acceptors (Lipinski definition) is 4. The van der Waals surface area contributed by atoms with Crippen molar-refractivity contribution in [2.75, 3.05) is 20.3 Å². The van der Waals surface area contributed by atoms with Gasteiger partial charge in [-0.3, -0.25) is 14.9 Å². The maximum atomic E-state index is 13.1. The lowest BCUT2D eigenvalue weighted by Gasteiger charge is -2.22. The number of halogens is 3. The molecule has 0 aliphatic heterocycles. The molecule has 10 heteroatoms. The molecule has 36 heavy (non-hydrogen) atoms. The maximum Gasteiger partial charge on any atom is 0.416 e. The van der Waals surface area contributed by atoms with E-state index < -0.39 is 16.7 Å². The standard InChI is InChI=1S/C26H26F3N3O4/c1-36-16-4-15-31(25(33)13-10-20-8-11-23(12-9-20)32(34)35)19-24-7-3-14-30(24)18-21-5-2-6-22(17-21)26(27,28)29/h2-3,5-14,17H,4,15-16,18-19H2,1H3/b13-10+. The molecule has 1 aromatic heterocycles. The highest BCUT2D eigenvalue weighted by Crippen LogP contribution is 2.29. The number of nitrogens with zero attached hydrogens (tertiary/aromatic N) is 3. The molecule has 0 atom stereocenters. The summed E-state index contributed by atoms with van der Waals surface area (Å²) in [7, 11) is 1.57. The largest absolute Gasteiger partial charge is 0.416 e. The van der Waals surface area contributed by atoms with E-state index in [-0.39, 0.29) is 24.7 Å². The quantitative estimate of drug-likeness (QED) is 0.150. The van der Waals surface area contributed by atoms with Crippen molar-refractivity contribution in [2.24, 2.45) is 0 Å². The van der Waals surface area contributed by atoms with Crippen LogP contribution in [0.1, 0.15) is 28.8 Å². The van der Waals surface area contributed by atoms with Gasteiger partial charge in [0, 0.05) is 56.9 Å². The summed E-state index contributed by atoms with van der Waals surface area (Å²) in [6, 6.07) is 14.6. The Hall–Kier alpha value is -3.92. The van der Waals surface area contributed by atoms with E-state index in [1.807, 2.05) is 10.6 Å². The molecule has 2 aromatic carbocycles. The molecule has 1 heterocycles. The van der Waals surface area contributed by atoms with Crippen LogP contribution in [0.4, 0.5) is 18.9 Å². The van der Waals surface area contributed by atoms with Gasteiger partial charge in [0.15, 0.2) is 0 Å². The SMILES string of the molecule is COCCCN(Cc1cccn1Cc1cccc(C(F)(F)F)c1)C(=O)/C=C/c1ccc([N+](=O)[O-])cc1. The van der Waals surface area contributed by atoms with Gasteiger partial charge in [-0.25, -0.2) is 0 Å². The third-order valence-electron chi connectivity index (χ3n) is 5.49. The van der Waals surface area contributed by atoms with Gasteiger partial charge < -0.3 is 14.2 Å². The lowest BCUT2D eigenvalue weighted by molar-refractivity contribution is -0.384. The van der Waals surface area contributed by atoms with Gasteiger partial charge in [0.1, 0.15) is 0 Å². The number of methoxy groups -OCH3 is 1. The van der Waals surface area contributed by atoms with Gasteiger partial charge in [-0.15, -0.1) is 0 Å². The van der Waals surface area contributed by atoms with Gasteiger partial charge in [-0.05, 0) is 60.0 Å². The Morgan fingerprint density at radius 2 is 1.89 bits per heavy atom. The molecule has 0 aliphatic rings. The van der Waals surface area contributed by atoms with E-state index in [0.717, 1.165) is 17.8 Å². The highest BCUT2D eigenvalue weighted by Gasteiger charge is 2.30. The van der Waals surface area contributed by atoms with Crippen LogP contribution < -0.4 is 0 Å². The average Bonchev–Trinajstić information content (AvgIpc) is 3.28. The first kappa shape index (κ1) is 26.7. The maximum absolute atomic E-state index is 13.1. The third-order valence-corrected chi connectivity index (χ3v) is 5.49. The summed E-state index contributed by atoms with van der Waals surface area (Å²) >= 11 is 0. The predicted molar refractivity (Wildman–Crippen MR) is 129 cm³/mol. The molecule has 1 amide bonds. The van der Waals surface area contributed by atoms with E-state index >= 15 is 0 Å². The van der Waals surface area contributed by atoms with Crippen LogP contribution in [0.25, 0.3) is 6.08 Å². The number of hydrogen-bond donors (Lipinski definition) is 0. The van der Waals surface area contributed by atoms with E-state index in [1.54, 1.807) is 48.5 Å². The number of carbonyl (C=O) groups excluding carboxylic acids is 1. The smallest absolute Gasteiger partial charge is 0.385 e. The summed E-state index contributed by atoms with van der Waals surface area (Å²) < 4.78 is 46.2. The van der Waals surface area contributed by atoms with E-state index in [0.29, 0.717) is 30.7 Å². The molecule has 0 N–H and O–H groups in total. The lowest BCUT2D eigenvalue weighted by atomic mass is 10.1. The van der Waals surface area contributed by atoms with Crippen LogP contribution in [-0.2, 0) is 28.8 Å². The second-order valence-corrected chi connectivity index (χ2v) is 8.11. The fourth-order valence-electron chi connectivity index (χ4n) is 3.63. The van der Waals surface area contributed by atoms with Crippen LogP contribution in [0, 0.1) is 10.1 Å². The first-order valence-corrected chi connectivity index (χ1v) is 11.2. The molecular weight excluding hydrogens is 475 g/mol. The normalized spacial score (nSPS) is 11.7. The minimum atomic E-state index is -4.42. The molecule has 0 saturated heterocycles. The molecule has 7 nitrogen and oxygen atoms in total. The summed E-state index contributed by atoms with van der Waals surface area (Å²) in [5, 5.41) is 10.8. The number of carbonyl (C=O) groups is 1. The van der Waals surface area contributed by atoms with Crippen LogP contribution in [0.5, 0.6) is 0 Å². The van der Waals surface area contributed by atoms with Gasteiger partial charge >= 0.3 is 6.18 Å². The number of aromatic nitrogens is 1. The predicted octanol–water partition coefficient (Wildman–Crippen LogP) is 5.54. The topological polar surface area (TPSA) is 77.6 Å². The minimum Gasteiger partial charge on any atom is -0.385 e. The highest BCUT2D eigenvalue weighted by atomic mass is 19.4. The van der Waals surface area contributed by atoms with Crippen molar-refractivity contribution in [1.29, 1.82) is 0 Å². The fraction of sp³-hybridized carbons (Fsp3) is 0.269. The molecule has 0 fully saturated rings. The van der Waals surface area contributed by atoms with E-state index in [2.05, 4.69) is 0 Å². The minimum absolute atomic E-state index is 0.0406. The first-order valence-electron chi connectivity index (χ1n) is 11.2. The molecule has 190 valence electrons. The number of non-ortho nitro benzene ring substituents is 1. The zero-order chi connectivity index (χ0) is 26.1. The van der Waals surface area contributed by atoms with Crippen LogP contribution >= 0.6 is 0 Å². The summed E-state index contributed by atoms with van der Waals surface area (Å²) in [4.78, 5) is 24.9. The number of benzene rings is 2. The number of alkyl halides is 3. The molecule has 0 radical (unpaired) electrons. The monoisotopic (exact) mass is 501 g/mol. The van der Waals surface area contributed by atoms with Gasteiger partial charge in [0.2, 0.25) is 5.91 Å². The Kier molecular flexibility index (Phi) is 9.02. The number of nitro benzene ring substituents is 1. The Bertz CT molecular complexity index is 1200. The van der Waals surface area contributed by atoms with Crippen molar-refractivity contribution in [3.05, 3.63) is 105 Å². The van der Waals surface area contributed by atoms with E-state index in [9.17, 15) is 28.1 Å². The van der Waals surface area contributed by atoms with Gasteiger partial charge in [-0.1, -0.05) is 12.1 Å². The van der Waals surface area contributed by atoms with E-state index in [4.69, 9.17) is 4.74 Å². The van der Waals surface area contributed by atoms with Crippen LogP contribution in [-0.4, -0.2) is 40.6 Å². The van der Waals surface area contributed by atoms with E-state index in [1.165, 1.54) is 24.3 Å². The Morgan fingerprint density at radius 3 is 2.56 bits per heavy atom. The van der Waals surface area contributed by atoms with Gasteiger partial charge in [0.05, 0.1) is 17.0 Å². The second kappa shape index (κ2) is 12.2. The molecule has 0 bridgehead atoms. The molecule has 0 aliphatic carbocycles. The Labute approximate surface area is 206 Å². The van der Waals surface area contributed by atoms with Crippen molar-refractivity contribution < 1.29 is 27.6 Å². The molecule has 3 rings (SSSR count). The molecule has 0 unspecified atom stereocenters. The number of amides is 1. The second-order valence-electron chi connectivity index (χ2n) is 8.11.